The maximum absolute atomic E-state index is 6.62. The van der Waals surface area contributed by atoms with Crippen LogP contribution in [0.25, 0.3) is 44.4 Å². The molecular weight excluding hydrogens is 613 g/mol. The molecule has 5 heteroatoms. The first kappa shape index (κ1) is 33.3. The number of aromatic nitrogens is 4. The van der Waals surface area contributed by atoms with Crippen molar-refractivity contribution in [3.63, 3.8) is 0 Å². The van der Waals surface area contributed by atoms with E-state index in [-0.39, 0.29) is 10.8 Å². The van der Waals surface area contributed by atoms with E-state index in [1.807, 2.05) is 29.1 Å². The fraction of sp³-hybridized carbons (Fsp3) is 0.289. The third-order valence-corrected chi connectivity index (χ3v) is 10.3. The summed E-state index contributed by atoms with van der Waals surface area (Å²) in [6.45, 7) is 18.0. The van der Waals surface area contributed by atoms with Crippen LogP contribution in [0.1, 0.15) is 76.9 Å². The minimum Gasteiger partial charge on any atom is -0.457 e. The lowest BCUT2D eigenvalue weighted by Gasteiger charge is -2.23. The molecule has 4 aromatic carbocycles. The SMILES string of the molecule is CCC(C)(C)c1ccc2c(c1)c1ccc(Oc3cccc(-n4nc(C)c(-c5ccccc5)c4C)c3)cc1n2-c1cc(CCC(C)(C)C)ccn1. The molecule has 0 saturated carbocycles. The number of pyridine rings is 1. The van der Waals surface area contributed by atoms with E-state index >= 15 is 0 Å². The van der Waals surface area contributed by atoms with Gasteiger partial charge < -0.3 is 4.74 Å². The van der Waals surface area contributed by atoms with Gasteiger partial charge in [0.1, 0.15) is 17.3 Å². The first-order chi connectivity index (χ1) is 23.9. The maximum Gasteiger partial charge on any atom is 0.137 e. The molecule has 0 amide bonds. The predicted molar refractivity (Wildman–Crippen MR) is 208 cm³/mol. The van der Waals surface area contributed by atoms with E-state index in [2.05, 4.69) is 145 Å². The highest BCUT2D eigenvalue weighted by Gasteiger charge is 2.22. The molecule has 0 spiro atoms. The zero-order valence-corrected chi connectivity index (χ0v) is 30.7. The van der Waals surface area contributed by atoms with Gasteiger partial charge in [-0.15, -0.1) is 0 Å². The first-order valence-corrected chi connectivity index (χ1v) is 17.9. The molecule has 254 valence electrons. The molecule has 0 N–H and O–H groups in total. The lowest BCUT2D eigenvalue weighted by molar-refractivity contribution is 0.378. The Labute approximate surface area is 296 Å². The summed E-state index contributed by atoms with van der Waals surface area (Å²) in [7, 11) is 0. The number of aryl methyl sites for hydroxylation is 2. The molecule has 0 fully saturated rings. The summed E-state index contributed by atoms with van der Waals surface area (Å²) < 4.78 is 10.9. The maximum atomic E-state index is 6.62. The van der Waals surface area contributed by atoms with Crippen LogP contribution in [0.2, 0.25) is 0 Å². The van der Waals surface area contributed by atoms with Gasteiger partial charge in [0.05, 0.1) is 22.4 Å². The third kappa shape index (κ3) is 6.45. The molecule has 0 saturated heterocycles. The number of hydrogen-bond acceptors (Lipinski definition) is 3. The molecule has 0 aliphatic carbocycles. The van der Waals surface area contributed by atoms with E-state index in [1.165, 1.54) is 27.5 Å². The Kier molecular flexibility index (Phi) is 8.63. The van der Waals surface area contributed by atoms with Gasteiger partial charge in [-0.1, -0.05) is 84.0 Å². The molecule has 3 heterocycles. The van der Waals surface area contributed by atoms with Gasteiger partial charge in [-0.2, -0.15) is 5.10 Å². The van der Waals surface area contributed by atoms with Crippen molar-refractivity contribution in [1.29, 1.82) is 0 Å². The van der Waals surface area contributed by atoms with Crippen LogP contribution in [-0.2, 0) is 11.8 Å². The summed E-state index contributed by atoms with van der Waals surface area (Å²) in [5, 5.41) is 7.35. The fourth-order valence-electron chi connectivity index (χ4n) is 6.93. The van der Waals surface area contributed by atoms with Crippen molar-refractivity contribution in [3.8, 4) is 34.1 Å². The number of hydrogen-bond donors (Lipinski definition) is 0. The molecule has 0 aliphatic rings. The second-order valence-corrected chi connectivity index (χ2v) is 15.5. The Hall–Kier alpha value is -5.16. The van der Waals surface area contributed by atoms with Gasteiger partial charge >= 0.3 is 0 Å². The lowest BCUT2D eigenvalue weighted by Crippen LogP contribution is -2.15. The average Bonchev–Trinajstić information content (AvgIpc) is 3.59. The molecule has 7 aromatic rings. The van der Waals surface area contributed by atoms with E-state index in [4.69, 9.17) is 14.8 Å². The molecule has 0 bridgehead atoms. The summed E-state index contributed by atoms with van der Waals surface area (Å²) in [5.74, 6) is 2.46. The quantitative estimate of drug-likeness (QED) is 0.155. The summed E-state index contributed by atoms with van der Waals surface area (Å²) in [6.07, 6.45) is 5.14. The number of fused-ring (bicyclic) bond motifs is 3. The lowest BCUT2D eigenvalue weighted by atomic mass is 9.82. The van der Waals surface area contributed by atoms with Crippen LogP contribution >= 0.6 is 0 Å². The monoisotopic (exact) mass is 660 g/mol. The second kappa shape index (κ2) is 12.9. The third-order valence-electron chi connectivity index (χ3n) is 10.3. The Balaban J connectivity index is 1.30. The van der Waals surface area contributed by atoms with Crippen LogP contribution in [0.5, 0.6) is 11.5 Å². The van der Waals surface area contributed by atoms with Crippen molar-refractivity contribution in [2.24, 2.45) is 5.41 Å². The smallest absolute Gasteiger partial charge is 0.137 e. The van der Waals surface area contributed by atoms with Gasteiger partial charge in [-0.05, 0) is 109 Å². The Morgan fingerprint density at radius 3 is 2.26 bits per heavy atom. The Bertz CT molecular complexity index is 2320. The number of benzene rings is 4. The van der Waals surface area contributed by atoms with E-state index < -0.39 is 0 Å². The number of rotatable bonds is 9. The molecule has 3 aromatic heterocycles. The summed E-state index contributed by atoms with van der Waals surface area (Å²) in [5.41, 5.74) is 10.6. The molecule has 0 atom stereocenters. The molecular formula is C45H48N4O. The molecule has 7 rings (SSSR count). The zero-order chi connectivity index (χ0) is 35.2. The topological polar surface area (TPSA) is 44.9 Å². The summed E-state index contributed by atoms with van der Waals surface area (Å²) in [4.78, 5) is 4.92. The van der Waals surface area contributed by atoms with Gasteiger partial charge in [-0.25, -0.2) is 9.67 Å². The molecule has 0 aliphatic heterocycles. The first-order valence-electron chi connectivity index (χ1n) is 17.9. The van der Waals surface area contributed by atoms with Crippen molar-refractivity contribution in [1.82, 2.24) is 19.3 Å². The van der Waals surface area contributed by atoms with Crippen molar-refractivity contribution in [2.45, 2.75) is 80.1 Å². The summed E-state index contributed by atoms with van der Waals surface area (Å²) >= 11 is 0. The van der Waals surface area contributed by atoms with Gasteiger partial charge in [0.2, 0.25) is 0 Å². The van der Waals surface area contributed by atoms with Crippen molar-refractivity contribution in [3.05, 3.63) is 132 Å². The van der Waals surface area contributed by atoms with Crippen molar-refractivity contribution < 1.29 is 4.74 Å². The minimum absolute atomic E-state index is 0.0785. The molecule has 5 nitrogen and oxygen atoms in total. The summed E-state index contributed by atoms with van der Waals surface area (Å²) in [6, 6.07) is 36.4. The molecule has 0 unspecified atom stereocenters. The van der Waals surface area contributed by atoms with E-state index in [9.17, 15) is 0 Å². The van der Waals surface area contributed by atoms with Crippen LogP contribution in [-0.4, -0.2) is 19.3 Å². The van der Waals surface area contributed by atoms with Gasteiger partial charge in [-0.3, -0.25) is 4.57 Å². The number of nitrogens with zero attached hydrogens (tertiary/aromatic N) is 4. The largest absolute Gasteiger partial charge is 0.457 e. The second-order valence-electron chi connectivity index (χ2n) is 15.5. The van der Waals surface area contributed by atoms with E-state index in [0.29, 0.717) is 0 Å². The van der Waals surface area contributed by atoms with Gasteiger partial charge in [0.25, 0.3) is 0 Å². The highest BCUT2D eigenvalue weighted by molar-refractivity contribution is 6.09. The van der Waals surface area contributed by atoms with Crippen molar-refractivity contribution >= 4 is 21.8 Å². The normalized spacial score (nSPS) is 12.2. The Morgan fingerprint density at radius 2 is 1.50 bits per heavy atom. The van der Waals surface area contributed by atoms with Crippen LogP contribution in [0, 0.1) is 19.3 Å². The van der Waals surface area contributed by atoms with Crippen LogP contribution in [0.4, 0.5) is 0 Å². The zero-order valence-electron chi connectivity index (χ0n) is 30.7. The van der Waals surface area contributed by atoms with Crippen molar-refractivity contribution in [2.75, 3.05) is 0 Å². The van der Waals surface area contributed by atoms with Crippen LogP contribution < -0.4 is 4.74 Å². The highest BCUT2D eigenvalue weighted by Crippen LogP contribution is 2.39. The highest BCUT2D eigenvalue weighted by atomic mass is 16.5. The fourth-order valence-corrected chi connectivity index (χ4v) is 6.93. The standard InChI is InChI=1S/C45H48N4O/c1-9-45(7,8)34-18-21-40-39(27-34)38-20-19-37(29-41(38)48(40)42-26-32(23-25-46-42)22-24-44(4,5)6)50-36-17-13-16-35(28-36)49-31(3)43(30(2)47-49)33-14-11-10-12-15-33/h10-21,23,25-29H,9,22,24H2,1-8H3. The van der Waals surface area contributed by atoms with E-state index in [1.54, 1.807) is 0 Å². The Morgan fingerprint density at radius 1 is 0.720 bits per heavy atom. The number of ether oxygens (including phenoxy) is 1. The predicted octanol–water partition coefficient (Wildman–Crippen LogP) is 12.1. The van der Waals surface area contributed by atoms with E-state index in [0.717, 1.165) is 70.3 Å². The minimum atomic E-state index is 0.0785. The van der Waals surface area contributed by atoms with Crippen LogP contribution in [0.15, 0.2) is 109 Å². The van der Waals surface area contributed by atoms with Gasteiger partial charge in [0, 0.05) is 40.4 Å². The van der Waals surface area contributed by atoms with Crippen LogP contribution in [0.3, 0.4) is 0 Å². The molecule has 0 radical (unpaired) electrons. The average molecular weight is 661 g/mol. The van der Waals surface area contributed by atoms with Gasteiger partial charge in [0.15, 0.2) is 0 Å². The molecule has 50 heavy (non-hydrogen) atoms.